The van der Waals surface area contributed by atoms with Crippen molar-refractivity contribution in [1.82, 2.24) is 0 Å². The van der Waals surface area contributed by atoms with Crippen molar-refractivity contribution in [2.24, 2.45) is 5.10 Å². The van der Waals surface area contributed by atoms with Gasteiger partial charge in [-0.05, 0) is 54.1 Å². The number of anilines is 2. The number of nitrogens with one attached hydrogen (secondary N) is 2. The lowest BCUT2D eigenvalue weighted by molar-refractivity contribution is -0.118. The van der Waals surface area contributed by atoms with Crippen molar-refractivity contribution in [1.29, 1.82) is 0 Å². The molecule has 9 nitrogen and oxygen atoms in total. The van der Waals surface area contributed by atoms with Crippen molar-refractivity contribution in [3.63, 3.8) is 0 Å². The highest BCUT2D eigenvalue weighted by molar-refractivity contribution is 5.93. The summed E-state index contributed by atoms with van der Waals surface area (Å²) >= 11 is 0. The number of rotatable bonds is 10. The smallest absolute Gasteiger partial charge is 0.335 e. The van der Waals surface area contributed by atoms with Gasteiger partial charge >= 0.3 is 5.97 Å². The van der Waals surface area contributed by atoms with E-state index >= 15 is 0 Å². The molecule has 0 bridgehead atoms. The molecule has 1 amide bonds. The maximum atomic E-state index is 12.3. The van der Waals surface area contributed by atoms with Gasteiger partial charge in [-0.25, -0.2) is 4.79 Å². The second-order valence-electron chi connectivity index (χ2n) is 6.70. The number of amides is 1. The van der Waals surface area contributed by atoms with Crippen LogP contribution in [0, 0.1) is 0 Å². The zero-order valence-electron chi connectivity index (χ0n) is 18.1. The van der Waals surface area contributed by atoms with E-state index in [-0.39, 0.29) is 18.1 Å². The second kappa shape index (κ2) is 11.2. The van der Waals surface area contributed by atoms with E-state index in [1.54, 1.807) is 54.7 Å². The van der Waals surface area contributed by atoms with Crippen LogP contribution < -0.4 is 25.0 Å². The third-order valence-electron chi connectivity index (χ3n) is 4.44. The number of nitrogens with zero attached hydrogens (tertiary/aromatic N) is 1. The normalized spacial score (nSPS) is 10.5. The molecule has 3 aromatic carbocycles. The van der Waals surface area contributed by atoms with Crippen molar-refractivity contribution >= 4 is 29.5 Å². The molecule has 33 heavy (non-hydrogen) atoms. The molecule has 0 saturated carbocycles. The number of benzene rings is 3. The lowest BCUT2D eigenvalue weighted by Crippen LogP contribution is -2.20. The largest absolute Gasteiger partial charge is 0.495 e. The fourth-order valence-corrected chi connectivity index (χ4v) is 2.86. The fourth-order valence-electron chi connectivity index (χ4n) is 2.86. The van der Waals surface area contributed by atoms with Gasteiger partial charge in [-0.15, -0.1) is 0 Å². The molecule has 3 rings (SSSR count). The SMILES string of the molecule is COc1ccccc1NC(=O)COc1ccc(C=NNc2cccc(C(=O)O)c2)cc1OC. The maximum absolute atomic E-state index is 12.3. The summed E-state index contributed by atoms with van der Waals surface area (Å²) in [5.74, 6) is 0.0127. The van der Waals surface area contributed by atoms with Crippen LogP contribution in [0.5, 0.6) is 17.2 Å². The van der Waals surface area contributed by atoms with Crippen molar-refractivity contribution in [2.75, 3.05) is 31.6 Å². The Kier molecular flexibility index (Phi) is 7.85. The minimum atomic E-state index is -1.01. The van der Waals surface area contributed by atoms with Crippen LogP contribution >= 0.6 is 0 Å². The first-order valence-corrected chi connectivity index (χ1v) is 9.86. The lowest BCUT2D eigenvalue weighted by Gasteiger charge is -2.12. The first-order chi connectivity index (χ1) is 16.0. The van der Waals surface area contributed by atoms with Gasteiger partial charge in [-0.1, -0.05) is 18.2 Å². The van der Waals surface area contributed by atoms with Crippen LogP contribution in [0.15, 0.2) is 71.8 Å². The average molecular weight is 449 g/mol. The Morgan fingerprint density at radius 3 is 2.48 bits per heavy atom. The molecule has 9 heteroatoms. The molecule has 0 atom stereocenters. The third kappa shape index (κ3) is 6.47. The van der Waals surface area contributed by atoms with Crippen LogP contribution in [0.25, 0.3) is 0 Å². The molecule has 0 radical (unpaired) electrons. The Labute approximate surface area is 190 Å². The summed E-state index contributed by atoms with van der Waals surface area (Å²) in [6, 6.07) is 18.5. The van der Waals surface area contributed by atoms with Gasteiger partial charge in [0.05, 0.1) is 37.4 Å². The summed E-state index contributed by atoms with van der Waals surface area (Å²) in [6.07, 6.45) is 1.55. The number of aromatic carboxylic acids is 1. The van der Waals surface area contributed by atoms with Crippen LogP contribution in [0.1, 0.15) is 15.9 Å². The van der Waals surface area contributed by atoms with Crippen LogP contribution in [-0.2, 0) is 4.79 Å². The van der Waals surface area contributed by atoms with Gasteiger partial charge in [-0.3, -0.25) is 10.2 Å². The van der Waals surface area contributed by atoms with E-state index in [2.05, 4.69) is 15.8 Å². The topological polar surface area (TPSA) is 118 Å². The minimum Gasteiger partial charge on any atom is -0.495 e. The number of hydrazone groups is 1. The van der Waals surface area contributed by atoms with Crippen LogP contribution in [-0.4, -0.2) is 44.0 Å². The molecular weight excluding hydrogens is 426 g/mol. The van der Waals surface area contributed by atoms with E-state index in [9.17, 15) is 9.59 Å². The molecule has 0 fully saturated rings. The predicted octanol–water partition coefficient (Wildman–Crippen LogP) is 3.87. The Balaban J connectivity index is 1.60. The monoisotopic (exact) mass is 449 g/mol. The molecular formula is C24H23N3O6. The Morgan fingerprint density at radius 1 is 0.939 bits per heavy atom. The number of para-hydroxylation sites is 2. The predicted molar refractivity (Wildman–Crippen MR) is 125 cm³/mol. The first kappa shape index (κ1) is 23.1. The molecule has 0 aromatic heterocycles. The van der Waals surface area contributed by atoms with Gasteiger partial charge in [-0.2, -0.15) is 5.10 Å². The number of methoxy groups -OCH3 is 2. The van der Waals surface area contributed by atoms with E-state index in [0.717, 1.165) is 0 Å². The van der Waals surface area contributed by atoms with Crippen molar-refractivity contribution in [2.45, 2.75) is 0 Å². The standard InChI is InChI=1S/C24H23N3O6/c1-31-20-9-4-3-8-19(20)26-23(28)15-33-21-11-10-16(12-22(21)32-2)14-25-27-18-7-5-6-17(13-18)24(29)30/h3-14,27H,15H2,1-2H3,(H,26,28)(H,29,30). The molecule has 170 valence electrons. The average Bonchev–Trinajstić information content (AvgIpc) is 2.83. The van der Waals surface area contributed by atoms with Crippen LogP contribution in [0.4, 0.5) is 11.4 Å². The zero-order chi connectivity index (χ0) is 23.6. The summed E-state index contributed by atoms with van der Waals surface area (Å²) in [4.78, 5) is 23.3. The number of ether oxygens (including phenoxy) is 3. The van der Waals surface area contributed by atoms with Crippen molar-refractivity contribution in [3.05, 3.63) is 77.9 Å². The van der Waals surface area contributed by atoms with E-state index in [1.807, 2.05) is 6.07 Å². The maximum Gasteiger partial charge on any atom is 0.335 e. The fraction of sp³-hybridized carbons (Fsp3) is 0.125. The highest BCUT2D eigenvalue weighted by atomic mass is 16.5. The van der Waals surface area contributed by atoms with Gasteiger partial charge in [0.25, 0.3) is 5.91 Å². The molecule has 0 heterocycles. The summed E-state index contributed by atoms with van der Waals surface area (Å²) in [7, 11) is 3.02. The van der Waals surface area contributed by atoms with Crippen molar-refractivity contribution in [3.8, 4) is 17.2 Å². The number of hydrogen-bond acceptors (Lipinski definition) is 7. The number of hydrogen-bond donors (Lipinski definition) is 3. The molecule has 0 aliphatic heterocycles. The van der Waals surface area contributed by atoms with Gasteiger partial charge in [0, 0.05) is 0 Å². The Morgan fingerprint density at radius 2 is 1.73 bits per heavy atom. The highest BCUT2D eigenvalue weighted by Crippen LogP contribution is 2.28. The van der Waals surface area contributed by atoms with E-state index in [4.69, 9.17) is 19.3 Å². The quantitative estimate of drug-likeness (QED) is 0.318. The van der Waals surface area contributed by atoms with Gasteiger partial charge in [0.2, 0.25) is 0 Å². The number of carbonyl (C=O) groups is 2. The number of carbonyl (C=O) groups excluding carboxylic acids is 1. The van der Waals surface area contributed by atoms with E-state index in [1.165, 1.54) is 26.4 Å². The third-order valence-corrected chi connectivity index (χ3v) is 4.44. The molecule has 0 spiro atoms. The number of carboxylic acids is 1. The molecule has 0 saturated heterocycles. The Bertz CT molecular complexity index is 1160. The van der Waals surface area contributed by atoms with Crippen LogP contribution in [0.2, 0.25) is 0 Å². The summed E-state index contributed by atoms with van der Waals surface area (Å²) in [5.41, 5.74) is 4.74. The molecule has 3 N–H and O–H groups in total. The van der Waals surface area contributed by atoms with E-state index < -0.39 is 5.97 Å². The molecule has 0 aliphatic carbocycles. The highest BCUT2D eigenvalue weighted by Gasteiger charge is 2.11. The van der Waals surface area contributed by atoms with Crippen molar-refractivity contribution < 1.29 is 28.9 Å². The summed E-state index contributed by atoms with van der Waals surface area (Å²) in [6.45, 7) is -0.219. The van der Waals surface area contributed by atoms with E-state index in [0.29, 0.717) is 34.2 Å². The molecule has 0 unspecified atom stereocenters. The molecule has 3 aromatic rings. The Hall–Kier alpha value is -4.53. The van der Waals surface area contributed by atoms with Gasteiger partial charge < -0.3 is 24.6 Å². The second-order valence-corrected chi connectivity index (χ2v) is 6.70. The molecule has 0 aliphatic rings. The zero-order valence-corrected chi connectivity index (χ0v) is 18.1. The number of carboxylic acid groups (broad SMARTS) is 1. The summed E-state index contributed by atoms with van der Waals surface area (Å²) < 4.78 is 16.2. The van der Waals surface area contributed by atoms with Gasteiger partial charge in [0.1, 0.15) is 5.75 Å². The first-order valence-electron chi connectivity index (χ1n) is 9.86. The van der Waals surface area contributed by atoms with Gasteiger partial charge in [0.15, 0.2) is 18.1 Å². The summed E-state index contributed by atoms with van der Waals surface area (Å²) in [5, 5.41) is 15.9. The lowest BCUT2D eigenvalue weighted by atomic mass is 10.2. The minimum absolute atomic E-state index is 0.160. The van der Waals surface area contributed by atoms with Crippen LogP contribution in [0.3, 0.4) is 0 Å².